The summed E-state index contributed by atoms with van der Waals surface area (Å²) in [6.07, 6.45) is 5.44. The first kappa shape index (κ1) is 11.8. The van der Waals surface area contributed by atoms with E-state index in [1.54, 1.807) is 33.3 Å². The van der Waals surface area contributed by atoms with Gasteiger partial charge in [0.2, 0.25) is 0 Å². The standard InChI is InChI=1S/C11H14N4OS/c1-14-8-10(6-13-14)17-5-4-15-7-9(12)2-3-11(15)16/h2-3,6-8H,4-5,12H2,1H3. The summed E-state index contributed by atoms with van der Waals surface area (Å²) in [6.45, 7) is 0.642. The predicted octanol–water partition coefficient (Wildman–Crippen LogP) is 0.956. The number of aryl methyl sites for hydroxylation is 2. The van der Waals surface area contributed by atoms with Gasteiger partial charge in [0.15, 0.2) is 0 Å². The fourth-order valence-electron chi connectivity index (χ4n) is 1.46. The quantitative estimate of drug-likeness (QED) is 0.821. The Hall–Kier alpha value is -1.69. The minimum Gasteiger partial charge on any atom is -0.398 e. The molecule has 5 nitrogen and oxygen atoms in total. The van der Waals surface area contributed by atoms with Crippen LogP contribution in [0.5, 0.6) is 0 Å². The lowest BCUT2D eigenvalue weighted by Gasteiger charge is -2.05. The van der Waals surface area contributed by atoms with Crippen molar-refractivity contribution in [3.63, 3.8) is 0 Å². The fraction of sp³-hybridized carbons (Fsp3) is 0.273. The number of nitrogens with zero attached hydrogens (tertiary/aromatic N) is 3. The van der Waals surface area contributed by atoms with Crippen LogP contribution in [0, 0.1) is 0 Å². The van der Waals surface area contributed by atoms with E-state index in [1.807, 2.05) is 19.4 Å². The van der Waals surface area contributed by atoms with Crippen LogP contribution in [-0.4, -0.2) is 20.1 Å². The van der Waals surface area contributed by atoms with Gasteiger partial charge in [0, 0.05) is 48.4 Å². The number of rotatable bonds is 4. The van der Waals surface area contributed by atoms with Crippen LogP contribution in [0.4, 0.5) is 5.69 Å². The molecular formula is C11H14N4OS. The van der Waals surface area contributed by atoms with E-state index >= 15 is 0 Å². The summed E-state index contributed by atoms with van der Waals surface area (Å²) in [5.41, 5.74) is 6.22. The zero-order chi connectivity index (χ0) is 12.3. The predicted molar refractivity (Wildman–Crippen MR) is 69.0 cm³/mol. The number of nitrogen functional groups attached to an aromatic ring is 1. The lowest BCUT2D eigenvalue weighted by Crippen LogP contribution is -2.19. The first-order valence-electron chi connectivity index (χ1n) is 5.22. The van der Waals surface area contributed by atoms with Crippen LogP contribution < -0.4 is 11.3 Å². The van der Waals surface area contributed by atoms with Crippen molar-refractivity contribution in [2.45, 2.75) is 11.4 Å². The third-order valence-electron chi connectivity index (χ3n) is 2.29. The number of thioether (sulfide) groups is 1. The van der Waals surface area contributed by atoms with Gasteiger partial charge in [-0.2, -0.15) is 5.10 Å². The van der Waals surface area contributed by atoms with E-state index in [-0.39, 0.29) is 5.56 Å². The Morgan fingerprint density at radius 2 is 2.24 bits per heavy atom. The van der Waals surface area contributed by atoms with Crippen LogP contribution in [0.25, 0.3) is 0 Å². The van der Waals surface area contributed by atoms with Gasteiger partial charge in [-0.1, -0.05) is 0 Å². The molecule has 0 aliphatic heterocycles. The lowest BCUT2D eigenvalue weighted by atomic mass is 10.4. The number of pyridine rings is 1. The Bertz CT molecular complexity index is 561. The molecule has 17 heavy (non-hydrogen) atoms. The molecular weight excluding hydrogens is 236 g/mol. The van der Waals surface area contributed by atoms with Crippen molar-refractivity contribution < 1.29 is 0 Å². The molecule has 2 rings (SSSR count). The van der Waals surface area contributed by atoms with Crippen LogP contribution in [0.3, 0.4) is 0 Å². The summed E-state index contributed by atoms with van der Waals surface area (Å²) in [4.78, 5) is 12.6. The molecule has 0 fully saturated rings. The zero-order valence-electron chi connectivity index (χ0n) is 9.54. The van der Waals surface area contributed by atoms with Gasteiger partial charge in [-0.15, -0.1) is 11.8 Å². The molecule has 0 amide bonds. The molecule has 2 aromatic heterocycles. The van der Waals surface area contributed by atoms with Gasteiger partial charge < -0.3 is 10.3 Å². The minimum atomic E-state index is -0.0222. The smallest absolute Gasteiger partial charge is 0.250 e. The average molecular weight is 250 g/mol. The molecule has 2 N–H and O–H groups in total. The minimum absolute atomic E-state index is 0.0222. The fourth-order valence-corrected chi connectivity index (χ4v) is 2.33. The van der Waals surface area contributed by atoms with Crippen LogP contribution >= 0.6 is 11.8 Å². The summed E-state index contributed by atoms with van der Waals surface area (Å²) in [6, 6.07) is 3.11. The van der Waals surface area contributed by atoms with E-state index in [1.165, 1.54) is 6.07 Å². The molecule has 0 bridgehead atoms. The first-order valence-corrected chi connectivity index (χ1v) is 6.21. The van der Waals surface area contributed by atoms with E-state index in [4.69, 9.17) is 5.73 Å². The molecule has 0 saturated carbocycles. The van der Waals surface area contributed by atoms with Crippen molar-refractivity contribution >= 4 is 17.4 Å². The SMILES string of the molecule is Cn1cc(SCCn2cc(N)ccc2=O)cn1. The molecule has 0 unspecified atom stereocenters. The summed E-state index contributed by atoms with van der Waals surface area (Å²) in [7, 11) is 1.88. The highest BCUT2D eigenvalue weighted by Gasteiger charge is 1.99. The zero-order valence-corrected chi connectivity index (χ0v) is 10.4. The van der Waals surface area contributed by atoms with Gasteiger partial charge in [0.1, 0.15) is 0 Å². The van der Waals surface area contributed by atoms with Crippen LogP contribution in [0.2, 0.25) is 0 Å². The number of hydrogen-bond acceptors (Lipinski definition) is 4. The van der Waals surface area contributed by atoms with Gasteiger partial charge in [0.25, 0.3) is 5.56 Å². The summed E-state index contributed by atoms with van der Waals surface area (Å²) < 4.78 is 3.38. The second-order valence-corrected chi connectivity index (χ2v) is 4.86. The van der Waals surface area contributed by atoms with E-state index in [0.29, 0.717) is 12.2 Å². The van der Waals surface area contributed by atoms with Gasteiger partial charge in [-0.05, 0) is 6.07 Å². The monoisotopic (exact) mass is 250 g/mol. The molecule has 0 aliphatic carbocycles. The molecule has 0 radical (unpaired) electrons. The third-order valence-corrected chi connectivity index (χ3v) is 3.22. The Labute approximate surface area is 103 Å². The number of hydrogen-bond donors (Lipinski definition) is 1. The van der Waals surface area contributed by atoms with Crippen molar-refractivity contribution in [3.8, 4) is 0 Å². The summed E-state index contributed by atoms with van der Waals surface area (Å²) in [5.74, 6) is 0.815. The molecule has 0 spiro atoms. The number of aromatic nitrogens is 3. The van der Waals surface area contributed by atoms with Crippen molar-refractivity contribution in [1.82, 2.24) is 14.3 Å². The maximum Gasteiger partial charge on any atom is 0.250 e. The Morgan fingerprint density at radius 1 is 1.41 bits per heavy atom. The Morgan fingerprint density at radius 3 is 2.94 bits per heavy atom. The van der Waals surface area contributed by atoms with Crippen LogP contribution in [0.1, 0.15) is 0 Å². The summed E-state index contributed by atoms with van der Waals surface area (Å²) >= 11 is 1.67. The molecule has 0 atom stereocenters. The highest BCUT2D eigenvalue weighted by atomic mass is 32.2. The Balaban J connectivity index is 1.94. The Kier molecular flexibility index (Phi) is 3.53. The van der Waals surface area contributed by atoms with E-state index in [0.717, 1.165) is 10.6 Å². The van der Waals surface area contributed by atoms with Gasteiger partial charge in [-0.3, -0.25) is 9.48 Å². The lowest BCUT2D eigenvalue weighted by molar-refractivity contribution is 0.737. The molecule has 2 heterocycles. The first-order chi connectivity index (χ1) is 8.15. The van der Waals surface area contributed by atoms with Crippen molar-refractivity contribution in [3.05, 3.63) is 41.1 Å². The van der Waals surface area contributed by atoms with Crippen LogP contribution in [0.15, 0.2) is 40.4 Å². The van der Waals surface area contributed by atoms with E-state index in [2.05, 4.69) is 5.10 Å². The normalized spacial score (nSPS) is 10.6. The van der Waals surface area contributed by atoms with Crippen molar-refractivity contribution in [2.75, 3.05) is 11.5 Å². The molecule has 0 saturated heterocycles. The molecule has 0 aliphatic rings. The highest BCUT2D eigenvalue weighted by molar-refractivity contribution is 7.99. The van der Waals surface area contributed by atoms with Crippen molar-refractivity contribution in [1.29, 1.82) is 0 Å². The maximum atomic E-state index is 11.5. The van der Waals surface area contributed by atoms with Crippen molar-refractivity contribution in [2.24, 2.45) is 7.05 Å². The third kappa shape index (κ3) is 3.13. The van der Waals surface area contributed by atoms with Crippen LogP contribution in [-0.2, 0) is 13.6 Å². The molecule has 6 heteroatoms. The molecule has 2 aromatic rings. The second-order valence-electron chi connectivity index (χ2n) is 3.69. The largest absolute Gasteiger partial charge is 0.398 e. The van der Waals surface area contributed by atoms with Gasteiger partial charge in [0.05, 0.1) is 6.20 Å². The summed E-state index contributed by atoms with van der Waals surface area (Å²) in [5, 5.41) is 4.08. The molecule has 90 valence electrons. The topological polar surface area (TPSA) is 65.8 Å². The van der Waals surface area contributed by atoms with Gasteiger partial charge in [-0.25, -0.2) is 0 Å². The average Bonchev–Trinajstić information content (AvgIpc) is 2.69. The maximum absolute atomic E-state index is 11.5. The van der Waals surface area contributed by atoms with E-state index < -0.39 is 0 Å². The number of anilines is 1. The molecule has 0 aromatic carbocycles. The van der Waals surface area contributed by atoms with E-state index in [9.17, 15) is 4.79 Å². The second kappa shape index (κ2) is 5.09. The highest BCUT2D eigenvalue weighted by Crippen LogP contribution is 2.16. The number of nitrogens with two attached hydrogens (primary N) is 1. The van der Waals surface area contributed by atoms with Gasteiger partial charge >= 0.3 is 0 Å².